The van der Waals surface area contributed by atoms with Crippen molar-refractivity contribution in [2.75, 3.05) is 0 Å². The molecule has 4 atom stereocenters. The van der Waals surface area contributed by atoms with Gasteiger partial charge in [0.05, 0.1) is 5.52 Å². The number of Topliss-reactive ketones (excluding diaryl/α,β-unsaturated/α-hetero) is 2. The van der Waals surface area contributed by atoms with Crippen LogP contribution in [0.4, 0.5) is 4.39 Å². The summed E-state index contributed by atoms with van der Waals surface area (Å²) in [4.78, 5) is 29.3. The molecule has 4 rings (SSSR count). The number of benzene rings is 1. The van der Waals surface area contributed by atoms with E-state index in [1.54, 1.807) is 18.3 Å². The van der Waals surface area contributed by atoms with E-state index in [-0.39, 0.29) is 28.7 Å². The fourth-order valence-electron chi connectivity index (χ4n) is 5.38. The zero-order chi connectivity index (χ0) is 20.1. The van der Waals surface area contributed by atoms with E-state index in [9.17, 15) is 14.0 Å². The van der Waals surface area contributed by atoms with Crippen LogP contribution in [-0.4, -0.2) is 16.6 Å². The van der Waals surface area contributed by atoms with Crippen LogP contribution in [0.15, 0.2) is 30.5 Å². The Morgan fingerprint density at radius 3 is 2.39 bits per heavy atom. The SMILES string of the molecule is CC(C)(C)CC(=O)C(=O)C1C[C@@H]2CC(c3ccnc4ccc(F)cc34)C[C@@H]2C1. The van der Waals surface area contributed by atoms with Gasteiger partial charge in [-0.25, -0.2) is 4.39 Å². The van der Waals surface area contributed by atoms with Crippen LogP contribution >= 0.6 is 0 Å². The van der Waals surface area contributed by atoms with Gasteiger partial charge < -0.3 is 0 Å². The van der Waals surface area contributed by atoms with Crippen molar-refractivity contribution in [1.29, 1.82) is 0 Å². The Kier molecular flexibility index (Phi) is 4.84. The number of carbonyl (C=O) groups is 2. The molecule has 4 heteroatoms. The van der Waals surface area contributed by atoms with E-state index < -0.39 is 0 Å². The summed E-state index contributed by atoms with van der Waals surface area (Å²) >= 11 is 0. The van der Waals surface area contributed by atoms with Gasteiger partial charge in [-0.3, -0.25) is 14.6 Å². The quantitative estimate of drug-likeness (QED) is 0.660. The molecule has 3 nitrogen and oxygen atoms in total. The maximum Gasteiger partial charge on any atom is 0.201 e. The average Bonchev–Trinajstić information content (AvgIpc) is 3.18. The Balaban J connectivity index is 1.46. The van der Waals surface area contributed by atoms with E-state index in [1.165, 1.54) is 11.6 Å². The maximum absolute atomic E-state index is 13.8. The average molecular weight is 381 g/mol. The first-order valence-electron chi connectivity index (χ1n) is 10.3. The van der Waals surface area contributed by atoms with Crippen molar-refractivity contribution in [1.82, 2.24) is 4.98 Å². The number of fused-ring (bicyclic) bond motifs is 2. The van der Waals surface area contributed by atoms with Gasteiger partial charge in [0.2, 0.25) is 5.78 Å². The molecule has 1 heterocycles. The lowest BCUT2D eigenvalue weighted by Crippen LogP contribution is -2.26. The van der Waals surface area contributed by atoms with Crippen LogP contribution in [-0.2, 0) is 9.59 Å². The van der Waals surface area contributed by atoms with Crippen LogP contribution < -0.4 is 0 Å². The molecule has 0 radical (unpaired) electrons. The lowest BCUT2D eigenvalue weighted by molar-refractivity contribution is -0.140. The summed E-state index contributed by atoms with van der Waals surface area (Å²) in [6.45, 7) is 5.98. The van der Waals surface area contributed by atoms with E-state index >= 15 is 0 Å². The van der Waals surface area contributed by atoms with Crippen molar-refractivity contribution >= 4 is 22.5 Å². The Hall–Kier alpha value is -2.10. The van der Waals surface area contributed by atoms with Crippen molar-refractivity contribution in [2.24, 2.45) is 23.2 Å². The molecule has 2 aliphatic carbocycles. The molecule has 2 aromatic rings. The number of halogens is 1. The number of carbonyl (C=O) groups excluding carboxylic acids is 2. The first-order chi connectivity index (χ1) is 13.2. The zero-order valence-electron chi connectivity index (χ0n) is 16.9. The van der Waals surface area contributed by atoms with Gasteiger partial charge in [-0.05, 0) is 78.7 Å². The molecular weight excluding hydrogens is 353 g/mol. The van der Waals surface area contributed by atoms with Crippen LogP contribution in [0.5, 0.6) is 0 Å². The smallest absolute Gasteiger partial charge is 0.201 e. The molecule has 0 spiro atoms. The molecule has 2 fully saturated rings. The van der Waals surface area contributed by atoms with Crippen LogP contribution in [0.25, 0.3) is 10.9 Å². The molecule has 0 N–H and O–H groups in total. The summed E-state index contributed by atoms with van der Waals surface area (Å²) in [7, 11) is 0. The first kappa shape index (κ1) is 19.2. The van der Waals surface area contributed by atoms with Crippen LogP contribution in [0.2, 0.25) is 0 Å². The van der Waals surface area contributed by atoms with Gasteiger partial charge in [-0.1, -0.05) is 20.8 Å². The molecule has 0 saturated heterocycles. The fourth-order valence-corrected chi connectivity index (χ4v) is 5.38. The number of pyridine rings is 1. The second-order valence-corrected chi connectivity index (χ2v) is 9.94. The molecule has 1 aromatic heterocycles. The minimum Gasteiger partial charge on any atom is -0.291 e. The summed E-state index contributed by atoms with van der Waals surface area (Å²) in [5.74, 6) is 0.655. The van der Waals surface area contributed by atoms with Gasteiger partial charge in [0, 0.05) is 23.9 Å². The summed E-state index contributed by atoms with van der Waals surface area (Å²) in [6, 6.07) is 6.79. The Morgan fingerprint density at radius 2 is 1.75 bits per heavy atom. The summed E-state index contributed by atoms with van der Waals surface area (Å²) in [5, 5.41) is 0.903. The molecule has 28 heavy (non-hydrogen) atoms. The molecule has 2 saturated carbocycles. The molecule has 148 valence electrons. The standard InChI is InChI=1S/C24H28FNO2/c1-24(2,3)13-22(27)23(28)17-10-14-8-16(9-15(14)11-17)19-6-7-26-21-5-4-18(25)12-20(19)21/h4-7,12,14-17H,8-11,13H2,1-3H3/t14-,15+,16?,17?. The summed E-state index contributed by atoms with van der Waals surface area (Å²) < 4.78 is 13.8. The van der Waals surface area contributed by atoms with E-state index in [0.717, 1.165) is 36.6 Å². The maximum atomic E-state index is 13.8. The number of ketones is 2. The van der Waals surface area contributed by atoms with E-state index in [4.69, 9.17) is 0 Å². The highest BCUT2D eigenvalue weighted by atomic mass is 19.1. The molecule has 0 bridgehead atoms. The van der Waals surface area contributed by atoms with E-state index in [1.807, 2.05) is 26.8 Å². The third-order valence-electron chi connectivity index (χ3n) is 6.53. The van der Waals surface area contributed by atoms with Crippen LogP contribution in [0.3, 0.4) is 0 Å². The number of nitrogens with zero attached hydrogens (tertiary/aromatic N) is 1. The second kappa shape index (κ2) is 7.06. The molecule has 1 aromatic carbocycles. The van der Waals surface area contributed by atoms with Gasteiger partial charge in [-0.15, -0.1) is 0 Å². The van der Waals surface area contributed by atoms with E-state index in [2.05, 4.69) is 4.98 Å². The van der Waals surface area contributed by atoms with Gasteiger partial charge >= 0.3 is 0 Å². The lowest BCUT2D eigenvalue weighted by Gasteiger charge is -2.19. The summed E-state index contributed by atoms with van der Waals surface area (Å²) in [6.07, 6.45) is 5.81. The predicted molar refractivity (Wildman–Crippen MR) is 107 cm³/mol. The van der Waals surface area contributed by atoms with Gasteiger partial charge in [0.15, 0.2) is 5.78 Å². The van der Waals surface area contributed by atoms with Crippen LogP contribution in [0, 0.1) is 29.0 Å². The van der Waals surface area contributed by atoms with Crippen molar-refractivity contribution in [3.8, 4) is 0 Å². The van der Waals surface area contributed by atoms with Crippen molar-refractivity contribution < 1.29 is 14.0 Å². The number of hydrogen-bond acceptors (Lipinski definition) is 3. The van der Waals surface area contributed by atoms with Crippen molar-refractivity contribution in [3.63, 3.8) is 0 Å². The highest BCUT2D eigenvalue weighted by Gasteiger charge is 2.45. The number of aromatic nitrogens is 1. The Bertz CT molecular complexity index is 916. The molecule has 2 aliphatic rings. The van der Waals surface area contributed by atoms with Gasteiger partial charge in [0.1, 0.15) is 5.82 Å². The first-order valence-corrected chi connectivity index (χ1v) is 10.3. The Labute approximate surface area is 165 Å². The lowest BCUT2D eigenvalue weighted by atomic mass is 9.84. The van der Waals surface area contributed by atoms with Crippen LogP contribution in [0.1, 0.15) is 64.4 Å². The number of rotatable bonds is 4. The topological polar surface area (TPSA) is 47.0 Å². The normalized spacial score (nSPS) is 27.1. The third-order valence-corrected chi connectivity index (χ3v) is 6.53. The Morgan fingerprint density at radius 1 is 1.07 bits per heavy atom. The molecule has 2 unspecified atom stereocenters. The number of hydrogen-bond donors (Lipinski definition) is 0. The molecule has 0 aliphatic heterocycles. The van der Waals surface area contributed by atoms with Crippen molar-refractivity contribution in [2.45, 2.75) is 58.8 Å². The van der Waals surface area contributed by atoms with Crippen molar-refractivity contribution in [3.05, 3.63) is 41.8 Å². The minimum absolute atomic E-state index is 0.0996. The zero-order valence-corrected chi connectivity index (χ0v) is 16.9. The third kappa shape index (κ3) is 3.74. The highest BCUT2D eigenvalue weighted by molar-refractivity contribution is 6.38. The van der Waals surface area contributed by atoms with E-state index in [0.29, 0.717) is 24.2 Å². The monoisotopic (exact) mass is 381 g/mol. The highest BCUT2D eigenvalue weighted by Crippen LogP contribution is 2.53. The fraction of sp³-hybridized carbons (Fsp3) is 0.542. The molecule has 0 amide bonds. The predicted octanol–water partition coefficient (Wildman–Crippen LogP) is 5.47. The second-order valence-electron chi connectivity index (χ2n) is 9.94. The summed E-state index contributed by atoms with van der Waals surface area (Å²) in [5.41, 5.74) is 1.85. The van der Waals surface area contributed by atoms with Gasteiger partial charge in [0.25, 0.3) is 0 Å². The van der Waals surface area contributed by atoms with Gasteiger partial charge in [-0.2, -0.15) is 0 Å². The molecular formula is C24H28FNO2. The largest absolute Gasteiger partial charge is 0.291 e. The minimum atomic E-state index is -0.233.